The number of hydrogen-bond donors (Lipinski definition) is 2. The lowest BCUT2D eigenvalue weighted by Crippen LogP contribution is -2.12. The summed E-state index contributed by atoms with van der Waals surface area (Å²) in [4.78, 5) is 31.2. The molecule has 0 saturated heterocycles. The van der Waals surface area contributed by atoms with Gasteiger partial charge in [0, 0.05) is 12.8 Å². The molecule has 0 saturated carbocycles. The number of aromatic nitrogens is 2. The van der Waals surface area contributed by atoms with E-state index in [2.05, 4.69) is 15.3 Å². The fourth-order valence-electron chi connectivity index (χ4n) is 2.38. The van der Waals surface area contributed by atoms with E-state index in [-0.39, 0.29) is 41.7 Å². The standard InChI is InChI=1S/C18H16F2N4O3S2/c1-9-17(28-8-13(21)25)29-18(23-9)24-14(26)5-6-15-22-7-12(27-15)16-10(19)3-2-4-11(16)20/h2-4,7H,5-6,8H2,1H3,(H2,21,25)(H,23,24,26). The zero-order valence-corrected chi connectivity index (χ0v) is 16.8. The van der Waals surface area contributed by atoms with E-state index in [9.17, 15) is 18.4 Å². The Labute approximate surface area is 172 Å². The van der Waals surface area contributed by atoms with E-state index < -0.39 is 17.5 Å². The molecule has 3 N–H and O–H groups in total. The van der Waals surface area contributed by atoms with Gasteiger partial charge in [0.1, 0.15) is 11.6 Å². The van der Waals surface area contributed by atoms with E-state index in [0.29, 0.717) is 10.8 Å². The summed E-state index contributed by atoms with van der Waals surface area (Å²) in [5, 5.41) is 3.07. The van der Waals surface area contributed by atoms with Crippen LogP contribution in [0, 0.1) is 18.6 Å². The van der Waals surface area contributed by atoms with E-state index >= 15 is 0 Å². The molecule has 0 atom stereocenters. The van der Waals surface area contributed by atoms with Gasteiger partial charge in [0.05, 0.1) is 27.4 Å². The van der Waals surface area contributed by atoms with Gasteiger partial charge >= 0.3 is 0 Å². The van der Waals surface area contributed by atoms with Crippen LogP contribution in [0.2, 0.25) is 0 Å². The summed E-state index contributed by atoms with van der Waals surface area (Å²) in [7, 11) is 0. The molecule has 0 bridgehead atoms. The lowest BCUT2D eigenvalue weighted by atomic mass is 10.1. The third kappa shape index (κ3) is 5.39. The Balaban J connectivity index is 1.57. The molecule has 11 heteroatoms. The fourth-order valence-corrected chi connectivity index (χ4v) is 4.28. The molecule has 152 valence electrons. The van der Waals surface area contributed by atoms with Gasteiger partial charge in [-0.05, 0) is 19.1 Å². The number of thioether (sulfide) groups is 1. The number of carbonyl (C=O) groups excluding carboxylic acids is 2. The zero-order valence-electron chi connectivity index (χ0n) is 15.2. The van der Waals surface area contributed by atoms with Crippen LogP contribution in [0.3, 0.4) is 0 Å². The number of primary amides is 1. The maximum atomic E-state index is 13.8. The van der Waals surface area contributed by atoms with Gasteiger partial charge in [-0.3, -0.25) is 9.59 Å². The van der Waals surface area contributed by atoms with Crippen LogP contribution in [-0.4, -0.2) is 27.5 Å². The Morgan fingerprint density at radius 1 is 1.31 bits per heavy atom. The van der Waals surface area contributed by atoms with Crippen LogP contribution in [-0.2, 0) is 16.0 Å². The van der Waals surface area contributed by atoms with Crippen molar-refractivity contribution < 1.29 is 22.8 Å². The first-order valence-corrected chi connectivity index (χ1v) is 10.2. The van der Waals surface area contributed by atoms with Crippen molar-refractivity contribution in [3.63, 3.8) is 0 Å². The topological polar surface area (TPSA) is 111 Å². The molecular formula is C18H16F2N4O3S2. The molecule has 7 nitrogen and oxygen atoms in total. The lowest BCUT2D eigenvalue weighted by Gasteiger charge is -2.01. The summed E-state index contributed by atoms with van der Waals surface area (Å²) in [6, 6.07) is 3.51. The molecule has 3 aromatic rings. The monoisotopic (exact) mass is 438 g/mol. The maximum Gasteiger partial charge on any atom is 0.227 e. The van der Waals surface area contributed by atoms with Crippen LogP contribution in [0.4, 0.5) is 13.9 Å². The molecule has 2 amide bonds. The number of nitrogens with one attached hydrogen (secondary N) is 1. The second-order valence-electron chi connectivity index (χ2n) is 5.91. The normalized spacial score (nSPS) is 10.9. The number of aryl methyl sites for hydroxylation is 2. The molecule has 0 spiro atoms. The SMILES string of the molecule is Cc1nc(NC(=O)CCc2ncc(-c3c(F)cccc3F)o2)sc1SCC(N)=O. The summed E-state index contributed by atoms with van der Waals surface area (Å²) < 4.78 is 33.8. The first-order valence-electron chi connectivity index (χ1n) is 8.41. The highest BCUT2D eigenvalue weighted by Crippen LogP contribution is 2.32. The molecule has 0 aliphatic rings. The third-order valence-corrected chi connectivity index (χ3v) is 6.13. The van der Waals surface area contributed by atoms with Crippen molar-refractivity contribution >= 4 is 40.0 Å². The summed E-state index contributed by atoms with van der Waals surface area (Å²) in [6.07, 6.45) is 1.42. The minimum Gasteiger partial charge on any atom is -0.441 e. The Morgan fingerprint density at radius 2 is 2.03 bits per heavy atom. The number of nitrogens with two attached hydrogens (primary N) is 1. The van der Waals surface area contributed by atoms with E-state index in [4.69, 9.17) is 10.2 Å². The Hall–Kier alpha value is -2.79. The predicted molar refractivity (Wildman–Crippen MR) is 106 cm³/mol. The quantitative estimate of drug-likeness (QED) is 0.521. The number of benzene rings is 1. The van der Waals surface area contributed by atoms with Crippen LogP contribution in [0.5, 0.6) is 0 Å². The molecule has 0 unspecified atom stereocenters. The average molecular weight is 438 g/mol. The third-order valence-electron chi connectivity index (χ3n) is 3.67. The number of thiazole rings is 1. The largest absolute Gasteiger partial charge is 0.441 e. The molecule has 29 heavy (non-hydrogen) atoms. The number of nitrogens with zero attached hydrogens (tertiary/aromatic N) is 2. The van der Waals surface area contributed by atoms with Crippen molar-refractivity contribution in [2.45, 2.75) is 24.0 Å². The Morgan fingerprint density at radius 3 is 2.72 bits per heavy atom. The number of rotatable bonds is 8. The van der Waals surface area contributed by atoms with Crippen molar-refractivity contribution in [1.82, 2.24) is 9.97 Å². The van der Waals surface area contributed by atoms with Gasteiger partial charge in [-0.1, -0.05) is 17.4 Å². The minimum absolute atomic E-state index is 0.0392. The molecule has 2 aromatic heterocycles. The van der Waals surface area contributed by atoms with Gasteiger partial charge in [0.25, 0.3) is 0 Å². The molecule has 0 radical (unpaired) electrons. The molecular weight excluding hydrogens is 422 g/mol. The molecule has 0 aliphatic heterocycles. The molecule has 1 aromatic carbocycles. The van der Waals surface area contributed by atoms with Crippen LogP contribution in [0.1, 0.15) is 18.0 Å². The van der Waals surface area contributed by atoms with Crippen molar-refractivity contribution in [3.05, 3.63) is 47.6 Å². The number of carbonyl (C=O) groups is 2. The number of anilines is 1. The van der Waals surface area contributed by atoms with Crippen molar-refractivity contribution in [2.24, 2.45) is 5.73 Å². The van der Waals surface area contributed by atoms with E-state index in [1.165, 1.54) is 35.4 Å². The summed E-state index contributed by atoms with van der Waals surface area (Å²) in [5.74, 6) is -1.99. The molecule has 2 heterocycles. The molecule has 0 fully saturated rings. The average Bonchev–Trinajstić information content (AvgIpc) is 3.24. The minimum atomic E-state index is -0.755. The first kappa shape index (κ1) is 20.9. The lowest BCUT2D eigenvalue weighted by molar-refractivity contribution is -0.116. The smallest absolute Gasteiger partial charge is 0.227 e. The fraction of sp³-hybridized carbons (Fsp3) is 0.222. The van der Waals surface area contributed by atoms with E-state index in [1.807, 2.05) is 0 Å². The van der Waals surface area contributed by atoms with Crippen LogP contribution in [0.15, 0.2) is 33.0 Å². The first-order chi connectivity index (χ1) is 13.8. The molecule has 3 rings (SSSR count). The van der Waals surface area contributed by atoms with Crippen LogP contribution < -0.4 is 11.1 Å². The van der Waals surface area contributed by atoms with Gasteiger partial charge in [-0.15, -0.1) is 11.8 Å². The summed E-state index contributed by atoms with van der Waals surface area (Å²) in [6.45, 7) is 1.77. The van der Waals surface area contributed by atoms with Crippen molar-refractivity contribution in [1.29, 1.82) is 0 Å². The van der Waals surface area contributed by atoms with E-state index in [1.54, 1.807) is 6.92 Å². The summed E-state index contributed by atoms with van der Waals surface area (Å²) >= 11 is 2.51. The number of halogens is 2. The van der Waals surface area contributed by atoms with Crippen LogP contribution in [0.25, 0.3) is 11.3 Å². The predicted octanol–water partition coefficient (Wildman–Crippen LogP) is 3.53. The van der Waals surface area contributed by atoms with Crippen molar-refractivity contribution in [3.8, 4) is 11.3 Å². The summed E-state index contributed by atoms with van der Waals surface area (Å²) in [5.41, 5.74) is 5.53. The highest BCUT2D eigenvalue weighted by molar-refractivity contribution is 8.01. The maximum absolute atomic E-state index is 13.8. The van der Waals surface area contributed by atoms with Gasteiger partial charge in [-0.25, -0.2) is 18.7 Å². The Kier molecular flexibility index (Phi) is 6.60. The Bertz CT molecular complexity index is 1030. The van der Waals surface area contributed by atoms with Gasteiger partial charge in [0.15, 0.2) is 16.8 Å². The second kappa shape index (κ2) is 9.14. The number of hydrogen-bond acceptors (Lipinski definition) is 7. The van der Waals surface area contributed by atoms with Gasteiger partial charge in [0.2, 0.25) is 11.8 Å². The van der Waals surface area contributed by atoms with Crippen LogP contribution >= 0.6 is 23.1 Å². The highest BCUT2D eigenvalue weighted by atomic mass is 32.2. The zero-order chi connectivity index (χ0) is 21.0. The second-order valence-corrected chi connectivity index (χ2v) is 8.15. The van der Waals surface area contributed by atoms with E-state index in [0.717, 1.165) is 16.3 Å². The highest BCUT2D eigenvalue weighted by Gasteiger charge is 2.17. The number of oxazole rings is 1. The van der Waals surface area contributed by atoms with Crippen molar-refractivity contribution in [2.75, 3.05) is 11.1 Å². The van der Waals surface area contributed by atoms with Gasteiger partial charge in [-0.2, -0.15) is 0 Å². The van der Waals surface area contributed by atoms with Gasteiger partial charge < -0.3 is 15.5 Å². The number of amides is 2. The molecule has 0 aliphatic carbocycles.